The Kier molecular flexibility index (Phi) is 3.28. The minimum atomic E-state index is -4.37. The van der Waals surface area contributed by atoms with Gasteiger partial charge in [0.2, 0.25) is 0 Å². The molecule has 0 amide bonds. The monoisotopic (exact) mass is 246 g/mol. The molecule has 0 radical (unpaired) electrons. The molecule has 2 nitrogen and oxygen atoms in total. The standard InChI is InChI=1S/C12H13F3O2/c13-12(14,15)7-11(16)8-2-1-3-10(6-8)17-9-4-5-9/h1-3,6,9,11,16H,4-5,7H2. The van der Waals surface area contributed by atoms with Crippen molar-refractivity contribution in [1.82, 2.24) is 0 Å². The van der Waals surface area contributed by atoms with Gasteiger partial charge in [-0.3, -0.25) is 0 Å². The van der Waals surface area contributed by atoms with Crippen molar-refractivity contribution in [3.05, 3.63) is 29.8 Å². The van der Waals surface area contributed by atoms with Gasteiger partial charge in [-0.25, -0.2) is 0 Å². The van der Waals surface area contributed by atoms with Gasteiger partial charge in [-0.2, -0.15) is 13.2 Å². The maximum Gasteiger partial charge on any atom is 0.391 e. The molecular weight excluding hydrogens is 233 g/mol. The molecule has 0 aliphatic heterocycles. The summed E-state index contributed by atoms with van der Waals surface area (Å²) in [6.07, 6.45) is -4.99. The highest BCUT2D eigenvalue weighted by Crippen LogP contribution is 2.32. The van der Waals surface area contributed by atoms with Crippen LogP contribution in [-0.4, -0.2) is 17.4 Å². The Hall–Kier alpha value is -1.23. The van der Waals surface area contributed by atoms with Crippen molar-refractivity contribution >= 4 is 0 Å². The fraction of sp³-hybridized carbons (Fsp3) is 0.500. The zero-order valence-electron chi connectivity index (χ0n) is 9.07. The molecule has 0 heterocycles. The summed E-state index contributed by atoms with van der Waals surface area (Å²) in [5.74, 6) is 0.520. The third-order valence-electron chi connectivity index (χ3n) is 2.49. The van der Waals surface area contributed by atoms with Gasteiger partial charge in [0, 0.05) is 0 Å². The Morgan fingerprint density at radius 1 is 1.35 bits per heavy atom. The highest BCUT2D eigenvalue weighted by molar-refractivity contribution is 5.30. The van der Waals surface area contributed by atoms with Gasteiger partial charge in [-0.15, -0.1) is 0 Å². The molecule has 1 fully saturated rings. The lowest BCUT2D eigenvalue weighted by Gasteiger charge is -2.14. The van der Waals surface area contributed by atoms with Crippen LogP contribution in [0, 0.1) is 0 Å². The van der Waals surface area contributed by atoms with Crippen molar-refractivity contribution in [3.63, 3.8) is 0 Å². The van der Waals surface area contributed by atoms with Gasteiger partial charge in [0.25, 0.3) is 0 Å². The summed E-state index contributed by atoms with van der Waals surface area (Å²) in [6.45, 7) is 0. The molecule has 1 aromatic rings. The third-order valence-corrected chi connectivity index (χ3v) is 2.49. The molecule has 0 spiro atoms. The number of aliphatic hydroxyl groups excluding tert-OH is 1. The van der Waals surface area contributed by atoms with E-state index in [0.717, 1.165) is 12.8 Å². The van der Waals surface area contributed by atoms with Crippen LogP contribution in [0.5, 0.6) is 5.75 Å². The van der Waals surface area contributed by atoms with E-state index in [1.165, 1.54) is 12.1 Å². The first-order valence-corrected chi connectivity index (χ1v) is 5.45. The molecule has 94 valence electrons. The van der Waals surface area contributed by atoms with E-state index in [4.69, 9.17) is 4.74 Å². The van der Waals surface area contributed by atoms with Gasteiger partial charge in [0.15, 0.2) is 0 Å². The lowest BCUT2D eigenvalue weighted by Crippen LogP contribution is -2.13. The molecule has 1 N–H and O–H groups in total. The van der Waals surface area contributed by atoms with Crippen LogP contribution in [0.15, 0.2) is 24.3 Å². The van der Waals surface area contributed by atoms with Crippen molar-refractivity contribution < 1.29 is 23.0 Å². The zero-order chi connectivity index (χ0) is 12.5. The highest BCUT2D eigenvalue weighted by Gasteiger charge is 2.32. The Labute approximate surface area is 97.0 Å². The SMILES string of the molecule is OC(CC(F)(F)F)c1cccc(OC2CC2)c1. The maximum atomic E-state index is 12.1. The second-order valence-corrected chi connectivity index (χ2v) is 4.22. The molecule has 0 bridgehead atoms. The van der Waals surface area contributed by atoms with E-state index in [1.807, 2.05) is 0 Å². The number of alkyl halides is 3. The molecule has 1 atom stereocenters. The molecule has 0 saturated heterocycles. The van der Waals surface area contributed by atoms with Crippen molar-refractivity contribution in [1.29, 1.82) is 0 Å². The molecule has 1 aliphatic rings. The molecule has 17 heavy (non-hydrogen) atoms. The summed E-state index contributed by atoms with van der Waals surface area (Å²) in [7, 11) is 0. The predicted molar refractivity (Wildman–Crippen MR) is 55.7 cm³/mol. The van der Waals surface area contributed by atoms with Crippen LogP contribution in [0.2, 0.25) is 0 Å². The van der Waals surface area contributed by atoms with Gasteiger partial charge in [-0.05, 0) is 30.5 Å². The quantitative estimate of drug-likeness (QED) is 0.883. The Balaban J connectivity index is 2.03. The first kappa shape index (κ1) is 12.2. The van der Waals surface area contributed by atoms with Crippen LogP contribution in [0.25, 0.3) is 0 Å². The third kappa shape index (κ3) is 3.93. The van der Waals surface area contributed by atoms with Crippen LogP contribution in [0.3, 0.4) is 0 Å². The largest absolute Gasteiger partial charge is 0.490 e. The van der Waals surface area contributed by atoms with Crippen LogP contribution < -0.4 is 4.74 Å². The molecule has 1 aliphatic carbocycles. The highest BCUT2D eigenvalue weighted by atomic mass is 19.4. The second-order valence-electron chi connectivity index (χ2n) is 4.22. The summed E-state index contributed by atoms with van der Waals surface area (Å²) in [5, 5.41) is 9.45. The minimum absolute atomic E-state index is 0.185. The fourth-order valence-corrected chi connectivity index (χ4v) is 1.51. The van der Waals surface area contributed by atoms with Crippen LogP contribution >= 0.6 is 0 Å². The van der Waals surface area contributed by atoms with Crippen molar-refractivity contribution in [2.45, 2.75) is 37.6 Å². The smallest absolute Gasteiger partial charge is 0.391 e. The van der Waals surface area contributed by atoms with E-state index >= 15 is 0 Å². The summed E-state index contributed by atoms with van der Waals surface area (Å²) >= 11 is 0. The number of hydrogen-bond donors (Lipinski definition) is 1. The Bertz CT molecular complexity index is 386. The second kappa shape index (κ2) is 4.56. The molecule has 1 aromatic carbocycles. The number of aliphatic hydroxyl groups is 1. The molecular formula is C12H13F3O2. The van der Waals surface area contributed by atoms with Crippen LogP contribution in [0.1, 0.15) is 30.9 Å². The summed E-state index contributed by atoms with van der Waals surface area (Å²) < 4.78 is 41.8. The summed E-state index contributed by atoms with van der Waals surface area (Å²) in [6, 6.07) is 6.21. The van der Waals surface area contributed by atoms with E-state index in [0.29, 0.717) is 5.75 Å². The zero-order valence-corrected chi connectivity index (χ0v) is 9.07. The van der Waals surface area contributed by atoms with Gasteiger partial charge < -0.3 is 9.84 Å². The number of hydrogen-bond acceptors (Lipinski definition) is 2. The van der Waals surface area contributed by atoms with E-state index in [1.54, 1.807) is 12.1 Å². The predicted octanol–water partition coefficient (Wildman–Crippen LogP) is 3.21. The Morgan fingerprint density at radius 2 is 2.06 bits per heavy atom. The topological polar surface area (TPSA) is 29.5 Å². The van der Waals surface area contributed by atoms with Gasteiger partial charge in [-0.1, -0.05) is 12.1 Å². The molecule has 0 aromatic heterocycles. The van der Waals surface area contributed by atoms with Crippen LogP contribution in [0.4, 0.5) is 13.2 Å². The average molecular weight is 246 g/mol. The first-order chi connectivity index (χ1) is 7.94. The lowest BCUT2D eigenvalue weighted by molar-refractivity contribution is -0.154. The number of ether oxygens (including phenoxy) is 1. The number of halogens is 3. The Morgan fingerprint density at radius 3 is 2.65 bits per heavy atom. The normalized spacial score (nSPS) is 17.9. The van der Waals surface area contributed by atoms with Gasteiger partial charge >= 0.3 is 6.18 Å². The van der Waals surface area contributed by atoms with Gasteiger partial charge in [0.1, 0.15) is 5.75 Å². The number of benzene rings is 1. The molecule has 2 rings (SSSR count). The van der Waals surface area contributed by atoms with E-state index in [-0.39, 0.29) is 11.7 Å². The maximum absolute atomic E-state index is 12.1. The lowest BCUT2D eigenvalue weighted by atomic mass is 10.1. The summed E-state index contributed by atoms with van der Waals surface area (Å²) in [5.41, 5.74) is 0.237. The molecule has 5 heteroatoms. The van der Waals surface area contributed by atoms with Crippen molar-refractivity contribution in [2.75, 3.05) is 0 Å². The van der Waals surface area contributed by atoms with Crippen molar-refractivity contribution in [3.8, 4) is 5.75 Å². The van der Waals surface area contributed by atoms with Crippen LogP contribution in [-0.2, 0) is 0 Å². The van der Waals surface area contributed by atoms with E-state index in [2.05, 4.69) is 0 Å². The van der Waals surface area contributed by atoms with E-state index < -0.39 is 18.7 Å². The molecule has 1 unspecified atom stereocenters. The average Bonchev–Trinajstić information content (AvgIpc) is 2.99. The number of rotatable bonds is 4. The fourth-order valence-electron chi connectivity index (χ4n) is 1.51. The minimum Gasteiger partial charge on any atom is -0.490 e. The first-order valence-electron chi connectivity index (χ1n) is 5.45. The van der Waals surface area contributed by atoms with Gasteiger partial charge in [0.05, 0.1) is 18.6 Å². The van der Waals surface area contributed by atoms with E-state index in [9.17, 15) is 18.3 Å². The summed E-state index contributed by atoms with van der Waals surface area (Å²) in [4.78, 5) is 0. The van der Waals surface area contributed by atoms with Crippen molar-refractivity contribution in [2.24, 2.45) is 0 Å². The molecule has 1 saturated carbocycles.